The molecule has 1 N–H and O–H groups in total. The molecule has 0 aromatic rings. The van der Waals surface area contributed by atoms with Crippen LogP contribution < -0.4 is 5.32 Å². The Morgan fingerprint density at radius 2 is 1.92 bits per heavy atom. The van der Waals surface area contributed by atoms with Crippen LogP contribution in [0.1, 0.15) is 33.6 Å². The molecule has 2 fully saturated rings. The second kappa shape index (κ2) is 2.71. The van der Waals surface area contributed by atoms with Crippen molar-refractivity contribution < 1.29 is 4.74 Å². The maximum Gasteiger partial charge on any atom is 0.0815 e. The fraction of sp³-hybridized carbons (Fsp3) is 1.00. The highest BCUT2D eigenvalue weighted by Gasteiger charge is 2.46. The zero-order valence-corrected chi connectivity index (χ0v) is 8.26. The smallest absolute Gasteiger partial charge is 0.0815 e. The lowest BCUT2D eigenvalue weighted by Gasteiger charge is -2.52. The summed E-state index contributed by atoms with van der Waals surface area (Å²) in [7, 11) is 0. The SMILES string of the molecule is CC1CC2(CNC(C)C(C)O2)C1. The van der Waals surface area contributed by atoms with Crippen LogP contribution in [0, 0.1) is 5.92 Å². The van der Waals surface area contributed by atoms with Crippen molar-refractivity contribution in [3.05, 3.63) is 0 Å². The van der Waals surface area contributed by atoms with Crippen LogP contribution in [0.15, 0.2) is 0 Å². The van der Waals surface area contributed by atoms with Crippen LogP contribution in [0.4, 0.5) is 0 Å². The van der Waals surface area contributed by atoms with E-state index in [1.54, 1.807) is 0 Å². The third-order valence-electron chi connectivity index (χ3n) is 3.33. The minimum absolute atomic E-state index is 0.214. The van der Waals surface area contributed by atoms with Gasteiger partial charge in [-0.3, -0.25) is 0 Å². The molecule has 0 amide bonds. The Morgan fingerprint density at radius 1 is 1.25 bits per heavy atom. The minimum atomic E-state index is 0.214. The molecule has 0 bridgehead atoms. The van der Waals surface area contributed by atoms with E-state index in [1.165, 1.54) is 12.8 Å². The van der Waals surface area contributed by atoms with Crippen LogP contribution in [-0.2, 0) is 4.74 Å². The fourth-order valence-corrected chi connectivity index (χ4v) is 2.50. The normalized spacial score (nSPS) is 53.8. The maximum atomic E-state index is 6.03. The second-order valence-electron chi connectivity index (χ2n) is 4.69. The molecule has 2 atom stereocenters. The number of hydrogen-bond donors (Lipinski definition) is 1. The highest BCUT2D eigenvalue weighted by atomic mass is 16.5. The molecule has 0 aromatic heterocycles. The summed E-state index contributed by atoms with van der Waals surface area (Å²) in [6.45, 7) is 7.72. The number of ether oxygens (including phenoxy) is 1. The summed E-state index contributed by atoms with van der Waals surface area (Å²) < 4.78 is 6.03. The van der Waals surface area contributed by atoms with Crippen LogP contribution in [-0.4, -0.2) is 24.3 Å². The van der Waals surface area contributed by atoms with E-state index in [9.17, 15) is 0 Å². The van der Waals surface area contributed by atoms with Crippen molar-refractivity contribution in [2.75, 3.05) is 6.54 Å². The fourth-order valence-electron chi connectivity index (χ4n) is 2.50. The molecule has 2 aliphatic rings. The number of morpholine rings is 1. The van der Waals surface area contributed by atoms with Gasteiger partial charge in [-0.25, -0.2) is 0 Å². The average molecular weight is 169 g/mol. The van der Waals surface area contributed by atoms with E-state index in [4.69, 9.17) is 4.74 Å². The molecule has 1 saturated heterocycles. The van der Waals surface area contributed by atoms with E-state index in [-0.39, 0.29) is 5.60 Å². The Labute approximate surface area is 74.7 Å². The Balaban J connectivity index is 1.95. The molecule has 12 heavy (non-hydrogen) atoms. The summed E-state index contributed by atoms with van der Waals surface area (Å²) in [5.74, 6) is 0.868. The number of rotatable bonds is 0. The highest BCUT2D eigenvalue weighted by molar-refractivity contribution is 5.00. The van der Waals surface area contributed by atoms with Gasteiger partial charge >= 0.3 is 0 Å². The first kappa shape index (κ1) is 8.52. The van der Waals surface area contributed by atoms with E-state index in [0.717, 1.165) is 12.5 Å². The van der Waals surface area contributed by atoms with Gasteiger partial charge in [0.1, 0.15) is 0 Å². The van der Waals surface area contributed by atoms with Crippen LogP contribution in [0.3, 0.4) is 0 Å². The molecule has 0 radical (unpaired) electrons. The molecular weight excluding hydrogens is 150 g/mol. The van der Waals surface area contributed by atoms with Crippen LogP contribution in [0.25, 0.3) is 0 Å². The summed E-state index contributed by atoms with van der Waals surface area (Å²) in [5, 5.41) is 3.52. The Hall–Kier alpha value is -0.0800. The molecule has 2 unspecified atom stereocenters. The third-order valence-corrected chi connectivity index (χ3v) is 3.33. The Bertz CT molecular complexity index is 175. The molecule has 2 nitrogen and oxygen atoms in total. The van der Waals surface area contributed by atoms with Crippen LogP contribution in [0.2, 0.25) is 0 Å². The average Bonchev–Trinajstić information content (AvgIpc) is 1.95. The van der Waals surface area contributed by atoms with E-state index < -0.39 is 0 Å². The van der Waals surface area contributed by atoms with Crippen LogP contribution in [0.5, 0.6) is 0 Å². The van der Waals surface area contributed by atoms with Gasteiger partial charge < -0.3 is 10.1 Å². The van der Waals surface area contributed by atoms with Gasteiger partial charge in [0.25, 0.3) is 0 Å². The maximum absolute atomic E-state index is 6.03. The predicted octanol–water partition coefficient (Wildman–Crippen LogP) is 1.55. The van der Waals surface area contributed by atoms with Gasteiger partial charge in [-0.15, -0.1) is 0 Å². The largest absolute Gasteiger partial charge is 0.369 e. The topological polar surface area (TPSA) is 21.3 Å². The summed E-state index contributed by atoms with van der Waals surface area (Å²) in [6.07, 6.45) is 2.87. The first-order valence-corrected chi connectivity index (χ1v) is 5.02. The second-order valence-corrected chi connectivity index (χ2v) is 4.69. The van der Waals surface area contributed by atoms with Crippen molar-refractivity contribution in [3.8, 4) is 0 Å². The highest BCUT2D eigenvalue weighted by Crippen LogP contribution is 2.42. The van der Waals surface area contributed by atoms with Gasteiger partial charge in [-0.05, 0) is 32.6 Å². The molecule has 70 valence electrons. The van der Waals surface area contributed by atoms with Gasteiger partial charge in [0.05, 0.1) is 11.7 Å². The minimum Gasteiger partial charge on any atom is -0.369 e. The first-order chi connectivity index (χ1) is 5.61. The van der Waals surface area contributed by atoms with Gasteiger partial charge in [0.15, 0.2) is 0 Å². The quantitative estimate of drug-likeness (QED) is 0.594. The Morgan fingerprint density at radius 3 is 2.42 bits per heavy atom. The summed E-state index contributed by atoms with van der Waals surface area (Å²) >= 11 is 0. The van der Waals surface area contributed by atoms with Gasteiger partial charge in [-0.1, -0.05) is 6.92 Å². The first-order valence-electron chi connectivity index (χ1n) is 5.02. The van der Waals surface area contributed by atoms with E-state index in [1.807, 2.05) is 0 Å². The number of nitrogens with one attached hydrogen (secondary N) is 1. The molecule has 1 aliphatic heterocycles. The molecule has 0 aromatic carbocycles. The van der Waals surface area contributed by atoms with Gasteiger partial charge in [-0.2, -0.15) is 0 Å². The summed E-state index contributed by atoms with van der Waals surface area (Å²) in [6, 6.07) is 0.520. The molecule has 1 aliphatic carbocycles. The van der Waals surface area contributed by atoms with E-state index in [2.05, 4.69) is 26.1 Å². The van der Waals surface area contributed by atoms with Crippen molar-refractivity contribution in [3.63, 3.8) is 0 Å². The van der Waals surface area contributed by atoms with Crippen molar-refractivity contribution >= 4 is 0 Å². The molecule has 2 heteroatoms. The number of hydrogen-bond acceptors (Lipinski definition) is 2. The van der Waals surface area contributed by atoms with Crippen molar-refractivity contribution in [1.29, 1.82) is 0 Å². The lowest BCUT2D eigenvalue weighted by molar-refractivity contribution is -0.182. The van der Waals surface area contributed by atoms with Gasteiger partial charge in [0, 0.05) is 12.6 Å². The zero-order chi connectivity index (χ0) is 8.77. The Kier molecular flexibility index (Phi) is 1.92. The zero-order valence-electron chi connectivity index (χ0n) is 8.26. The third kappa shape index (κ3) is 1.27. The van der Waals surface area contributed by atoms with E-state index >= 15 is 0 Å². The molecule has 1 heterocycles. The summed E-state index contributed by atoms with van der Waals surface area (Å²) in [5.41, 5.74) is 0.214. The van der Waals surface area contributed by atoms with Crippen molar-refractivity contribution in [1.82, 2.24) is 5.32 Å². The van der Waals surface area contributed by atoms with E-state index in [0.29, 0.717) is 12.1 Å². The lowest BCUT2D eigenvalue weighted by Crippen LogP contribution is -2.62. The van der Waals surface area contributed by atoms with Gasteiger partial charge in [0.2, 0.25) is 0 Å². The predicted molar refractivity (Wildman–Crippen MR) is 49.1 cm³/mol. The molecule has 1 spiro atoms. The molecule has 2 rings (SSSR count). The van der Waals surface area contributed by atoms with Crippen LogP contribution >= 0.6 is 0 Å². The monoisotopic (exact) mass is 169 g/mol. The summed E-state index contributed by atoms with van der Waals surface area (Å²) in [4.78, 5) is 0. The lowest BCUT2D eigenvalue weighted by atomic mass is 9.70. The van der Waals surface area contributed by atoms with Crippen molar-refractivity contribution in [2.45, 2.75) is 51.4 Å². The van der Waals surface area contributed by atoms with Crippen molar-refractivity contribution in [2.24, 2.45) is 5.92 Å². The molecular formula is C10H19NO. The molecule has 1 saturated carbocycles. The standard InChI is InChI=1S/C10H19NO/c1-7-4-10(5-7)6-11-8(2)9(3)12-10/h7-9,11H,4-6H2,1-3H3.